The van der Waals surface area contributed by atoms with Gasteiger partial charge in [-0.25, -0.2) is 4.79 Å². The summed E-state index contributed by atoms with van der Waals surface area (Å²) in [4.78, 5) is 11.8. The average molecular weight is 228 g/mol. The van der Waals surface area contributed by atoms with Gasteiger partial charge in [-0.15, -0.1) is 0 Å². The van der Waals surface area contributed by atoms with Crippen LogP contribution < -0.4 is 0 Å². The van der Waals surface area contributed by atoms with Crippen LogP contribution in [0.15, 0.2) is 0 Å². The van der Waals surface area contributed by atoms with E-state index in [0.717, 1.165) is 12.8 Å². The van der Waals surface area contributed by atoms with Gasteiger partial charge in [0, 0.05) is 12.8 Å². The van der Waals surface area contributed by atoms with Gasteiger partial charge in [-0.3, -0.25) is 0 Å². The first-order chi connectivity index (χ1) is 7.49. The van der Waals surface area contributed by atoms with Crippen LogP contribution in [0.1, 0.15) is 40.0 Å². The molecule has 4 heteroatoms. The predicted octanol–water partition coefficient (Wildman–Crippen LogP) is 1.66. The second-order valence-electron chi connectivity index (χ2n) is 4.93. The molecule has 2 aliphatic rings. The third kappa shape index (κ3) is 1.47. The van der Waals surface area contributed by atoms with E-state index in [-0.39, 0.29) is 23.8 Å². The van der Waals surface area contributed by atoms with Crippen LogP contribution >= 0.6 is 0 Å². The molecule has 0 amide bonds. The molecule has 0 aromatic rings. The van der Waals surface area contributed by atoms with E-state index in [1.165, 1.54) is 7.11 Å². The fourth-order valence-electron chi connectivity index (χ4n) is 3.16. The predicted molar refractivity (Wildman–Crippen MR) is 58.1 cm³/mol. The number of carbonyl (C=O) groups excluding carboxylic acids is 1. The minimum absolute atomic E-state index is 0.141. The van der Waals surface area contributed by atoms with Gasteiger partial charge in [0.1, 0.15) is 5.60 Å². The fourth-order valence-corrected chi connectivity index (χ4v) is 3.16. The van der Waals surface area contributed by atoms with E-state index in [0.29, 0.717) is 6.42 Å². The fraction of sp³-hybridized carbons (Fsp3) is 0.917. The number of epoxide rings is 1. The highest BCUT2D eigenvalue weighted by Crippen LogP contribution is 2.58. The molecule has 16 heavy (non-hydrogen) atoms. The number of carbonyl (C=O) groups is 1. The minimum Gasteiger partial charge on any atom is -0.467 e. The van der Waals surface area contributed by atoms with Gasteiger partial charge >= 0.3 is 5.97 Å². The number of methoxy groups -OCH3 is 1. The van der Waals surface area contributed by atoms with Crippen molar-refractivity contribution in [3.8, 4) is 0 Å². The molecule has 0 bridgehead atoms. The quantitative estimate of drug-likeness (QED) is 0.533. The Kier molecular flexibility index (Phi) is 2.75. The summed E-state index contributed by atoms with van der Waals surface area (Å²) in [5, 5.41) is 0. The maximum absolute atomic E-state index is 11.8. The van der Waals surface area contributed by atoms with Gasteiger partial charge in [0.05, 0.1) is 19.3 Å². The molecular weight excluding hydrogens is 208 g/mol. The Morgan fingerprint density at radius 3 is 2.38 bits per heavy atom. The highest BCUT2D eigenvalue weighted by Gasteiger charge is 2.75. The first-order valence-corrected chi connectivity index (χ1v) is 5.94. The Balaban J connectivity index is 2.19. The average Bonchev–Trinajstić information content (AvgIpc) is 2.83. The molecular formula is C12H20O4. The lowest BCUT2D eigenvalue weighted by molar-refractivity contribution is -0.147. The van der Waals surface area contributed by atoms with E-state index in [1.807, 2.05) is 20.8 Å². The Bertz CT molecular complexity index is 291. The number of ether oxygens (including phenoxy) is 3. The van der Waals surface area contributed by atoms with Gasteiger partial charge in [-0.05, 0) is 20.3 Å². The van der Waals surface area contributed by atoms with Crippen LogP contribution in [-0.4, -0.2) is 36.5 Å². The summed E-state index contributed by atoms with van der Waals surface area (Å²) in [5.74, 6) is -0.240. The summed E-state index contributed by atoms with van der Waals surface area (Å²) in [6, 6.07) is 0. The standard InChI is InChI=1S/C12H20O4/c1-5-12(10(13)14-4)11(16-12)6-8(2)15-9(3)7-11/h8-9H,5-7H2,1-4H3. The second-order valence-corrected chi connectivity index (χ2v) is 4.93. The molecule has 4 nitrogen and oxygen atoms in total. The van der Waals surface area contributed by atoms with Gasteiger partial charge in [0.2, 0.25) is 0 Å². The van der Waals surface area contributed by atoms with Crippen LogP contribution in [0.25, 0.3) is 0 Å². The smallest absolute Gasteiger partial charge is 0.341 e. The van der Waals surface area contributed by atoms with Gasteiger partial charge in [-0.1, -0.05) is 6.92 Å². The molecule has 2 fully saturated rings. The third-order valence-electron chi connectivity index (χ3n) is 3.78. The molecule has 2 heterocycles. The Morgan fingerprint density at radius 1 is 1.38 bits per heavy atom. The Labute approximate surface area is 96.2 Å². The first kappa shape index (κ1) is 11.9. The highest BCUT2D eigenvalue weighted by molar-refractivity contribution is 5.84. The second kappa shape index (κ2) is 3.70. The van der Waals surface area contributed by atoms with Crippen molar-refractivity contribution in [3.63, 3.8) is 0 Å². The lowest BCUT2D eigenvalue weighted by Gasteiger charge is -2.31. The van der Waals surface area contributed by atoms with Gasteiger partial charge in [0.25, 0.3) is 0 Å². The monoisotopic (exact) mass is 228 g/mol. The van der Waals surface area contributed by atoms with E-state index in [2.05, 4.69) is 0 Å². The summed E-state index contributed by atoms with van der Waals surface area (Å²) in [6.07, 6.45) is 2.50. The van der Waals surface area contributed by atoms with E-state index >= 15 is 0 Å². The van der Waals surface area contributed by atoms with Gasteiger partial charge < -0.3 is 14.2 Å². The third-order valence-corrected chi connectivity index (χ3v) is 3.78. The maximum atomic E-state index is 11.8. The van der Waals surface area contributed by atoms with E-state index in [1.54, 1.807) is 0 Å². The van der Waals surface area contributed by atoms with E-state index < -0.39 is 5.60 Å². The van der Waals surface area contributed by atoms with Crippen LogP contribution in [0.2, 0.25) is 0 Å². The van der Waals surface area contributed by atoms with Crippen molar-refractivity contribution in [3.05, 3.63) is 0 Å². The Hall–Kier alpha value is -0.610. The topological polar surface area (TPSA) is 48.1 Å². The molecule has 2 saturated heterocycles. The Morgan fingerprint density at radius 2 is 1.94 bits per heavy atom. The van der Waals surface area contributed by atoms with Crippen molar-refractivity contribution in [2.75, 3.05) is 7.11 Å². The van der Waals surface area contributed by atoms with Crippen molar-refractivity contribution in [1.82, 2.24) is 0 Å². The van der Waals surface area contributed by atoms with Crippen molar-refractivity contribution < 1.29 is 19.0 Å². The van der Waals surface area contributed by atoms with E-state index in [4.69, 9.17) is 14.2 Å². The summed E-state index contributed by atoms with van der Waals surface area (Å²) in [5.41, 5.74) is -1.06. The molecule has 3 atom stereocenters. The molecule has 0 aromatic heterocycles. The van der Waals surface area contributed by atoms with Crippen molar-refractivity contribution in [1.29, 1.82) is 0 Å². The van der Waals surface area contributed by atoms with E-state index in [9.17, 15) is 4.79 Å². The lowest BCUT2D eigenvalue weighted by atomic mass is 9.80. The van der Waals surface area contributed by atoms with Crippen molar-refractivity contribution >= 4 is 5.97 Å². The lowest BCUT2D eigenvalue weighted by Crippen LogP contribution is -2.43. The molecule has 0 aromatic carbocycles. The SMILES string of the molecule is CCC1(C(=O)OC)OC12CC(C)OC(C)C2. The number of hydrogen-bond donors (Lipinski definition) is 0. The van der Waals surface area contributed by atoms with Crippen LogP contribution in [0.5, 0.6) is 0 Å². The summed E-state index contributed by atoms with van der Waals surface area (Å²) in [6.45, 7) is 6.02. The maximum Gasteiger partial charge on any atom is 0.341 e. The number of rotatable bonds is 2. The molecule has 3 unspecified atom stereocenters. The minimum atomic E-state index is -0.714. The zero-order valence-corrected chi connectivity index (χ0v) is 10.4. The molecule has 92 valence electrons. The molecule has 0 N–H and O–H groups in total. The largest absolute Gasteiger partial charge is 0.467 e. The van der Waals surface area contributed by atoms with Gasteiger partial charge in [-0.2, -0.15) is 0 Å². The zero-order valence-electron chi connectivity index (χ0n) is 10.4. The molecule has 2 aliphatic heterocycles. The van der Waals surface area contributed by atoms with Gasteiger partial charge in [0.15, 0.2) is 5.60 Å². The van der Waals surface area contributed by atoms with Crippen LogP contribution in [0.3, 0.4) is 0 Å². The summed E-state index contributed by atoms with van der Waals surface area (Å²) >= 11 is 0. The zero-order chi connectivity index (χ0) is 12.0. The highest BCUT2D eigenvalue weighted by atomic mass is 16.7. The van der Waals surface area contributed by atoms with Crippen LogP contribution in [0.4, 0.5) is 0 Å². The molecule has 0 saturated carbocycles. The van der Waals surface area contributed by atoms with Crippen LogP contribution in [0, 0.1) is 0 Å². The summed E-state index contributed by atoms with van der Waals surface area (Å²) in [7, 11) is 1.42. The van der Waals surface area contributed by atoms with Crippen molar-refractivity contribution in [2.45, 2.75) is 63.4 Å². The number of hydrogen-bond acceptors (Lipinski definition) is 4. The normalized spacial score (nSPS) is 46.8. The van der Waals surface area contributed by atoms with Crippen LogP contribution in [-0.2, 0) is 19.0 Å². The first-order valence-electron chi connectivity index (χ1n) is 5.94. The molecule has 1 spiro atoms. The number of esters is 1. The molecule has 0 radical (unpaired) electrons. The van der Waals surface area contributed by atoms with Crippen molar-refractivity contribution in [2.24, 2.45) is 0 Å². The molecule has 2 rings (SSSR count). The summed E-state index contributed by atoms with van der Waals surface area (Å²) < 4.78 is 16.4. The molecule has 0 aliphatic carbocycles.